The first-order valence-corrected chi connectivity index (χ1v) is 9.93. The van der Waals surface area contributed by atoms with Gasteiger partial charge in [0, 0.05) is 25.7 Å². The van der Waals surface area contributed by atoms with Gasteiger partial charge in [0.15, 0.2) is 0 Å². The van der Waals surface area contributed by atoms with Crippen molar-refractivity contribution in [2.75, 3.05) is 32.8 Å². The molecule has 3 rings (SSSR count). The zero-order valence-electron chi connectivity index (χ0n) is 15.3. The molecule has 0 saturated carbocycles. The molecule has 2 fully saturated rings. The molecular weight excluding hydrogens is 312 g/mol. The van der Waals surface area contributed by atoms with Gasteiger partial charge in [-0.1, -0.05) is 36.8 Å². The van der Waals surface area contributed by atoms with Crippen LogP contribution < -0.4 is 0 Å². The van der Waals surface area contributed by atoms with Gasteiger partial charge < -0.3 is 10.0 Å². The van der Waals surface area contributed by atoms with Gasteiger partial charge in [0.05, 0.1) is 6.54 Å². The van der Waals surface area contributed by atoms with Gasteiger partial charge in [-0.2, -0.15) is 0 Å². The Labute approximate surface area is 151 Å². The number of likely N-dealkylation sites (tertiary alicyclic amines) is 2. The number of nitrogens with zero attached hydrogens (tertiary/aromatic N) is 2. The number of hydrogen-bond acceptors (Lipinski definition) is 3. The fourth-order valence-corrected chi connectivity index (χ4v) is 4.35. The van der Waals surface area contributed by atoms with Crippen LogP contribution in [-0.4, -0.2) is 59.6 Å². The van der Waals surface area contributed by atoms with Crippen LogP contribution in [-0.2, 0) is 11.2 Å². The number of aliphatic hydroxyl groups is 1. The van der Waals surface area contributed by atoms with Gasteiger partial charge in [0.25, 0.3) is 0 Å². The first-order valence-electron chi connectivity index (χ1n) is 9.93. The summed E-state index contributed by atoms with van der Waals surface area (Å²) in [5, 5.41) is 9.25. The second-order valence-corrected chi connectivity index (χ2v) is 7.65. The summed E-state index contributed by atoms with van der Waals surface area (Å²) in [5.41, 5.74) is 1.41. The normalized spacial score (nSPS) is 22.9. The van der Waals surface area contributed by atoms with E-state index in [1.165, 1.54) is 18.4 Å². The third-order valence-electron chi connectivity index (χ3n) is 5.88. The highest BCUT2D eigenvalue weighted by Gasteiger charge is 2.28. The van der Waals surface area contributed by atoms with E-state index in [0.717, 1.165) is 51.7 Å². The molecule has 0 radical (unpaired) electrons. The second-order valence-electron chi connectivity index (χ2n) is 7.65. The van der Waals surface area contributed by atoms with Crippen molar-refractivity contribution in [2.45, 2.75) is 51.0 Å². The minimum Gasteiger partial charge on any atom is -0.396 e. The van der Waals surface area contributed by atoms with Crippen LogP contribution in [0.1, 0.15) is 44.1 Å². The molecule has 0 bridgehead atoms. The highest BCUT2D eigenvalue weighted by Crippen LogP contribution is 2.23. The van der Waals surface area contributed by atoms with E-state index >= 15 is 0 Å². The van der Waals surface area contributed by atoms with E-state index in [1.54, 1.807) is 0 Å². The molecule has 138 valence electrons. The first-order chi connectivity index (χ1) is 12.3. The first kappa shape index (κ1) is 18.4. The van der Waals surface area contributed by atoms with Crippen molar-refractivity contribution in [3.05, 3.63) is 35.9 Å². The topological polar surface area (TPSA) is 43.8 Å². The van der Waals surface area contributed by atoms with E-state index < -0.39 is 0 Å². The van der Waals surface area contributed by atoms with Crippen molar-refractivity contribution in [3.63, 3.8) is 0 Å². The van der Waals surface area contributed by atoms with Crippen LogP contribution in [0.3, 0.4) is 0 Å². The van der Waals surface area contributed by atoms with Gasteiger partial charge in [-0.05, 0) is 56.6 Å². The highest BCUT2D eigenvalue weighted by molar-refractivity contribution is 5.78. The molecule has 0 aromatic heterocycles. The van der Waals surface area contributed by atoms with E-state index in [0.29, 0.717) is 18.5 Å². The van der Waals surface area contributed by atoms with Crippen molar-refractivity contribution in [2.24, 2.45) is 5.92 Å². The average Bonchev–Trinajstić information content (AvgIpc) is 2.65. The van der Waals surface area contributed by atoms with Crippen molar-refractivity contribution in [1.82, 2.24) is 9.80 Å². The van der Waals surface area contributed by atoms with Gasteiger partial charge in [-0.15, -0.1) is 0 Å². The van der Waals surface area contributed by atoms with E-state index in [4.69, 9.17) is 0 Å². The van der Waals surface area contributed by atoms with Crippen LogP contribution in [0.4, 0.5) is 0 Å². The van der Waals surface area contributed by atoms with Gasteiger partial charge in [-0.3, -0.25) is 9.69 Å². The molecule has 0 spiro atoms. The maximum absolute atomic E-state index is 12.7. The van der Waals surface area contributed by atoms with Crippen LogP contribution in [0, 0.1) is 5.92 Å². The number of aliphatic hydroxyl groups excluding tert-OH is 1. The third-order valence-corrected chi connectivity index (χ3v) is 5.88. The number of benzene rings is 1. The average molecular weight is 344 g/mol. The Morgan fingerprint density at radius 3 is 2.52 bits per heavy atom. The standard InChI is InChI=1S/C21H32N2O2/c24-15-11-20-8-4-5-12-23(20)17-21(25)22-13-9-19(10-14-22)16-18-6-2-1-3-7-18/h1-3,6-7,19-20,24H,4-5,8-17H2. The van der Waals surface area contributed by atoms with Crippen molar-refractivity contribution in [1.29, 1.82) is 0 Å². The molecule has 1 aromatic rings. The van der Waals surface area contributed by atoms with Crippen LogP contribution in [0.2, 0.25) is 0 Å². The number of carbonyl (C=O) groups is 1. The van der Waals surface area contributed by atoms with Crippen LogP contribution in [0.15, 0.2) is 30.3 Å². The Kier molecular flexibility index (Phi) is 6.88. The third kappa shape index (κ3) is 5.29. The molecule has 4 heteroatoms. The van der Waals surface area contributed by atoms with E-state index in [9.17, 15) is 9.90 Å². The molecule has 25 heavy (non-hydrogen) atoms. The Morgan fingerprint density at radius 2 is 1.80 bits per heavy atom. The molecule has 1 amide bonds. The Bertz CT molecular complexity index is 524. The fourth-order valence-electron chi connectivity index (χ4n) is 4.35. The highest BCUT2D eigenvalue weighted by atomic mass is 16.3. The van der Waals surface area contributed by atoms with Crippen molar-refractivity contribution >= 4 is 5.91 Å². The summed E-state index contributed by atoms with van der Waals surface area (Å²) >= 11 is 0. The van der Waals surface area contributed by atoms with E-state index in [2.05, 4.69) is 40.1 Å². The van der Waals surface area contributed by atoms with Gasteiger partial charge >= 0.3 is 0 Å². The summed E-state index contributed by atoms with van der Waals surface area (Å²) in [6.07, 6.45) is 7.67. The molecule has 2 aliphatic heterocycles. The van der Waals surface area contributed by atoms with Crippen LogP contribution in [0.25, 0.3) is 0 Å². The quantitative estimate of drug-likeness (QED) is 0.863. The maximum atomic E-state index is 12.7. The lowest BCUT2D eigenvalue weighted by atomic mass is 9.90. The van der Waals surface area contributed by atoms with E-state index in [-0.39, 0.29) is 12.5 Å². The molecule has 1 N–H and O–H groups in total. The maximum Gasteiger partial charge on any atom is 0.236 e. The minimum absolute atomic E-state index is 0.222. The number of rotatable bonds is 6. The van der Waals surface area contributed by atoms with Crippen molar-refractivity contribution < 1.29 is 9.90 Å². The summed E-state index contributed by atoms with van der Waals surface area (Å²) < 4.78 is 0. The summed E-state index contributed by atoms with van der Waals surface area (Å²) in [6.45, 7) is 3.55. The number of hydrogen-bond donors (Lipinski definition) is 1. The molecule has 2 saturated heterocycles. The lowest BCUT2D eigenvalue weighted by molar-refractivity contribution is -0.134. The monoisotopic (exact) mass is 344 g/mol. The molecule has 4 nitrogen and oxygen atoms in total. The summed E-state index contributed by atoms with van der Waals surface area (Å²) in [5.74, 6) is 0.978. The van der Waals surface area contributed by atoms with Crippen LogP contribution in [0.5, 0.6) is 0 Å². The number of piperidine rings is 2. The molecule has 2 heterocycles. The Hall–Kier alpha value is -1.39. The molecule has 0 aliphatic carbocycles. The zero-order valence-corrected chi connectivity index (χ0v) is 15.3. The Morgan fingerprint density at radius 1 is 1.04 bits per heavy atom. The van der Waals surface area contributed by atoms with E-state index in [1.807, 2.05) is 0 Å². The smallest absolute Gasteiger partial charge is 0.236 e. The lowest BCUT2D eigenvalue weighted by Crippen LogP contribution is -2.48. The predicted octanol–water partition coefficient (Wildman–Crippen LogP) is 2.70. The number of carbonyl (C=O) groups excluding carboxylic acids is 1. The molecule has 1 aromatic carbocycles. The predicted molar refractivity (Wildman–Crippen MR) is 100 cm³/mol. The van der Waals surface area contributed by atoms with Crippen molar-refractivity contribution in [3.8, 4) is 0 Å². The molecule has 1 unspecified atom stereocenters. The largest absolute Gasteiger partial charge is 0.396 e. The summed E-state index contributed by atoms with van der Waals surface area (Å²) in [6, 6.07) is 11.1. The lowest BCUT2D eigenvalue weighted by Gasteiger charge is -2.38. The van der Waals surface area contributed by atoms with Gasteiger partial charge in [0.2, 0.25) is 5.91 Å². The van der Waals surface area contributed by atoms with Gasteiger partial charge in [-0.25, -0.2) is 0 Å². The van der Waals surface area contributed by atoms with Gasteiger partial charge in [0.1, 0.15) is 0 Å². The Balaban J connectivity index is 1.44. The minimum atomic E-state index is 0.222. The summed E-state index contributed by atoms with van der Waals surface area (Å²) in [4.78, 5) is 17.1. The van der Waals surface area contributed by atoms with Crippen LogP contribution >= 0.6 is 0 Å². The molecule has 1 atom stereocenters. The fraction of sp³-hybridized carbons (Fsp3) is 0.667. The molecular formula is C21H32N2O2. The SMILES string of the molecule is O=C(CN1CCCCC1CCO)N1CCC(Cc2ccccc2)CC1. The zero-order chi connectivity index (χ0) is 17.5. The summed E-state index contributed by atoms with van der Waals surface area (Å²) in [7, 11) is 0. The number of amides is 1. The molecule has 2 aliphatic rings. The second kappa shape index (κ2) is 9.35.